The largest absolute Gasteiger partial charge is 0.283 e. The van der Waals surface area contributed by atoms with Gasteiger partial charge in [0.25, 0.3) is 0 Å². The normalized spacial score (nSPS) is 11.6. The van der Waals surface area contributed by atoms with E-state index in [4.69, 9.17) is 4.98 Å². The van der Waals surface area contributed by atoms with E-state index in [9.17, 15) is 0 Å². The fourth-order valence-electron chi connectivity index (χ4n) is 3.03. The second kappa shape index (κ2) is 6.80. The first kappa shape index (κ1) is 17.2. The van der Waals surface area contributed by atoms with E-state index in [0.29, 0.717) is 0 Å². The Labute approximate surface area is 159 Å². The highest BCUT2D eigenvalue weighted by Crippen LogP contribution is 2.33. The van der Waals surface area contributed by atoms with E-state index in [1.807, 2.05) is 34.9 Å². The molecule has 0 bridgehead atoms. The average Bonchev–Trinajstić information content (AvgIpc) is 3.01. The van der Waals surface area contributed by atoms with Gasteiger partial charge in [0.05, 0.1) is 5.69 Å². The van der Waals surface area contributed by atoms with Crippen molar-refractivity contribution < 1.29 is 0 Å². The molecule has 0 spiro atoms. The SMILES string of the molecule is Cc1ccc(N=Nc2c(-c3ccc(C)c(C)c3)nc3cc(C)ccn23)cc1. The zero-order chi connectivity index (χ0) is 19.0. The minimum absolute atomic E-state index is 0.744. The summed E-state index contributed by atoms with van der Waals surface area (Å²) in [6, 6.07) is 18.5. The first-order chi connectivity index (χ1) is 13.0. The molecule has 0 radical (unpaired) electrons. The van der Waals surface area contributed by atoms with Gasteiger partial charge in [0.2, 0.25) is 0 Å². The Balaban J connectivity index is 1.88. The molecule has 0 unspecified atom stereocenters. The van der Waals surface area contributed by atoms with Crippen LogP contribution in [-0.2, 0) is 0 Å². The number of azo groups is 1. The second-order valence-corrected chi connectivity index (χ2v) is 7.05. The van der Waals surface area contributed by atoms with Gasteiger partial charge in [-0.05, 0) is 74.7 Å². The Morgan fingerprint density at radius 3 is 2.26 bits per heavy atom. The van der Waals surface area contributed by atoms with Crippen LogP contribution >= 0.6 is 0 Å². The predicted molar refractivity (Wildman–Crippen MR) is 110 cm³/mol. The van der Waals surface area contributed by atoms with Crippen molar-refractivity contribution in [2.75, 3.05) is 0 Å². The molecule has 0 aliphatic carbocycles. The number of benzene rings is 2. The number of aromatic nitrogens is 2. The number of hydrogen-bond donors (Lipinski definition) is 0. The molecule has 0 atom stereocenters. The monoisotopic (exact) mass is 354 g/mol. The molecule has 4 heteroatoms. The van der Waals surface area contributed by atoms with Gasteiger partial charge >= 0.3 is 0 Å². The molecule has 0 amide bonds. The third kappa shape index (κ3) is 3.38. The Morgan fingerprint density at radius 1 is 0.741 bits per heavy atom. The summed E-state index contributed by atoms with van der Waals surface area (Å²) < 4.78 is 2.00. The summed E-state index contributed by atoms with van der Waals surface area (Å²) in [5, 5.41) is 9.03. The molecule has 2 aromatic carbocycles. The molecule has 4 rings (SSSR count). The summed E-state index contributed by atoms with van der Waals surface area (Å²) in [7, 11) is 0. The third-order valence-corrected chi connectivity index (χ3v) is 4.83. The van der Waals surface area contributed by atoms with Gasteiger partial charge in [-0.2, -0.15) is 0 Å². The molecular formula is C23H22N4. The Morgan fingerprint density at radius 2 is 1.52 bits per heavy atom. The van der Waals surface area contributed by atoms with Crippen LogP contribution < -0.4 is 0 Å². The van der Waals surface area contributed by atoms with E-state index in [2.05, 4.69) is 68.3 Å². The quantitative estimate of drug-likeness (QED) is 0.380. The maximum absolute atomic E-state index is 4.85. The highest BCUT2D eigenvalue weighted by atomic mass is 15.2. The van der Waals surface area contributed by atoms with Crippen LogP contribution in [0.1, 0.15) is 22.3 Å². The maximum Gasteiger partial charge on any atom is 0.187 e. The number of imidazole rings is 1. The Hall–Kier alpha value is -3.27. The first-order valence-corrected chi connectivity index (χ1v) is 9.06. The lowest BCUT2D eigenvalue weighted by molar-refractivity contribution is 1.10. The second-order valence-electron chi connectivity index (χ2n) is 7.05. The summed E-state index contributed by atoms with van der Waals surface area (Å²) >= 11 is 0. The molecule has 2 aromatic heterocycles. The summed E-state index contributed by atoms with van der Waals surface area (Å²) in [5.74, 6) is 0.744. The van der Waals surface area contributed by atoms with Crippen LogP contribution in [0.15, 0.2) is 71.0 Å². The smallest absolute Gasteiger partial charge is 0.187 e. The Bertz CT molecular complexity index is 1150. The molecule has 4 aromatic rings. The fraction of sp³-hybridized carbons (Fsp3) is 0.174. The molecule has 0 aliphatic heterocycles. The number of nitrogens with zero attached hydrogens (tertiary/aromatic N) is 4. The van der Waals surface area contributed by atoms with Gasteiger partial charge in [0.15, 0.2) is 5.82 Å². The molecule has 0 N–H and O–H groups in total. The fourth-order valence-corrected chi connectivity index (χ4v) is 3.03. The number of hydrogen-bond acceptors (Lipinski definition) is 3. The summed E-state index contributed by atoms with van der Waals surface area (Å²) in [4.78, 5) is 4.85. The summed E-state index contributed by atoms with van der Waals surface area (Å²) in [6.45, 7) is 8.36. The lowest BCUT2D eigenvalue weighted by atomic mass is 10.0. The van der Waals surface area contributed by atoms with Gasteiger partial charge in [-0.15, -0.1) is 10.2 Å². The summed E-state index contributed by atoms with van der Waals surface area (Å²) in [5.41, 5.74) is 8.48. The van der Waals surface area contributed by atoms with Crippen LogP contribution in [0.2, 0.25) is 0 Å². The van der Waals surface area contributed by atoms with Crippen molar-refractivity contribution >= 4 is 17.2 Å². The molecule has 2 heterocycles. The molecule has 134 valence electrons. The van der Waals surface area contributed by atoms with E-state index < -0.39 is 0 Å². The molecule has 4 nitrogen and oxygen atoms in total. The van der Waals surface area contributed by atoms with Gasteiger partial charge in [0.1, 0.15) is 11.3 Å². The van der Waals surface area contributed by atoms with E-state index in [1.165, 1.54) is 22.3 Å². The highest BCUT2D eigenvalue weighted by molar-refractivity contribution is 5.75. The van der Waals surface area contributed by atoms with Crippen LogP contribution in [0, 0.1) is 27.7 Å². The average molecular weight is 354 g/mol. The minimum atomic E-state index is 0.744. The predicted octanol–water partition coefficient (Wildman–Crippen LogP) is 6.65. The van der Waals surface area contributed by atoms with Gasteiger partial charge in [0, 0.05) is 11.8 Å². The standard InChI is InChI=1S/C23H22N4/c1-15-5-9-20(10-6-15)25-26-23-22(19-8-7-17(3)18(4)14-19)24-21-13-16(2)11-12-27(21)23/h5-14H,1-4H3. The molecular weight excluding hydrogens is 332 g/mol. The topological polar surface area (TPSA) is 42.0 Å². The third-order valence-electron chi connectivity index (χ3n) is 4.83. The first-order valence-electron chi connectivity index (χ1n) is 9.06. The van der Waals surface area contributed by atoms with Crippen LogP contribution in [0.4, 0.5) is 11.5 Å². The van der Waals surface area contributed by atoms with Crippen molar-refractivity contribution in [3.8, 4) is 11.3 Å². The van der Waals surface area contributed by atoms with E-state index in [-0.39, 0.29) is 0 Å². The van der Waals surface area contributed by atoms with Gasteiger partial charge < -0.3 is 0 Å². The number of rotatable bonds is 3. The molecule has 27 heavy (non-hydrogen) atoms. The van der Waals surface area contributed by atoms with Crippen LogP contribution in [0.25, 0.3) is 16.9 Å². The lowest BCUT2D eigenvalue weighted by Gasteiger charge is -2.04. The van der Waals surface area contributed by atoms with Crippen molar-refractivity contribution in [1.29, 1.82) is 0 Å². The molecule has 0 saturated carbocycles. The number of fused-ring (bicyclic) bond motifs is 1. The Kier molecular flexibility index (Phi) is 4.32. The van der Waals surface area contributed by atoms with Crippen molar-refractivity contribution in [3.63, 3.8) is 0 Å². The van der Waals surface area contributed by atoms with Crippen molar-refractivity contribution in [3.05, 3.63) is 83.0 Å². The van der Waals surface area contributed by atoms with Crippen LogP contribution in [-0.4, -0.2) is 9.38 Å². The van der Waals surface area contributed by atoms with Crippen LogP contribution in [0.3, 0.4) is 0 Å². The minimum Gasteiger partial charge on any atom is -0.283 e. The maximum atomic E-state index is 4.85. The van der Waals surface area contributed by atoms with E-state index >= 15 is 0 Å². The van der Waals surface area contributed by atoms with Gasteiger partial charge in [-0.3, -0.25) is 4.40 Å². The number of pyridine rings is 1. The van der Waals surface area contributed by atoms with Crippen molar-refractivity contribution in [2.45, 2.75) is 27.7 Å². The van der Waals surface area contributed by atoms with E-state index in [1.54, 1.807) is 0 Å². The highest BCUT2D eigenvalue weighted by Gasteiger charge is 2.14. The zero-order valence-electron chi connectivity index (χ0n) is 16.1. The molecule has 0 aliphatic rings. The van der Waals surface area contributed by atoms with Crippen molar-refractivity contribution in [1.82, 2.24) is 9.38 Å². The van der Waals surface area contributed by atoms with Gasteiger partial charge in [-0.25, -0.2) is 4.98 Å². The van der Waals surface area contributed by atoms with Crippen LogP contribution in [0.5, 0.6) is 0 Å². The number of aryl methyl sites for hydroxylation is 4. The zero-order valence-corrected chi connectivity index (χ0v) is 16.1. The van der Waals surface area contributed by atoms with Crippen molar-refractivity contribution in [2.24, 2.45) is 10.2 Å². The lowest BCUT2D eigenvalue weighted by Crippen LogP contribution is -1.85. The van der Waals surface area contributed by atoms with Gasteiger partial charge in [-0.1, -0.05) is 29.8 Å². The summed E-state index contributed by atoms with van der Waals surface area (Å²) in [6.07, 6.45) is 2.01. The molecule has 0 saturated heterocycles. The molecule has 0 fully saturated rings. The van der Waals surface area contributed by atoms with E-state index in [0.717, 1.165) is 28.4 Å².